The van der Waals surface area contributed by atoms with E-state index in [-0.39, 0.29) is 5.69 Å². The van der Waals surface area contributed by atoms with Crippen molar-refractivity contribution >= 4 is 17.7 Å². The van der Waals surface area contributed by atoms with Gasteiger partial charge in [-0.05, 0) is 12.3 Å². The minimum atomic E-state index is -0.525. The fourth-order valence-electron chi connectivity index (χ4n) is 0.576. The fourth-order valence-corrected chi connectivity index (χ4v) is 0.932. The monoisotopic (exact) mass is 169 g/mol. The molecule has 1 rings (SSSR count). The second-order valence-electron chi connectivity index (χ2n) is 1.79. The lowest BCUT2D eigenvalue weighted by atomic mass is 10.4. The maximum atomic E-state index is 10.6. The minimum Gasteiger partial charge on any atom is -0.364 e. The first-order chi connectivity index (χ1) is 5.24. The standard InChI is InChI=1S/C6H7N3OS/c1-11-6-8-3-2-4(9-6)5(7)10/h2-3H,1H3,(H2,7,10). The van der Waals surface area contributed by atoms with E-state index in [0.29, 0.717) is 5.16 Å². The summed E-state index contributed by atoms with van der Waals surface area (Å²) in [5.41, 5.74) is 5.25. The molecule has 0 saturated carbocycles. The molecular formula is C6H7N3OS. The lowest BCUT2D eigenvalue weighted by Crippen LogP contribution is -2.13. The van der Waals surface area contributed by atoms with Crippen molar-refractivity contribution in [2.45, 2.75) is 5.16 Å². The van der Waals surface area contributed by atoms with Gasteiger partial charge in [0, 0.05) is 6.20 Å². The molecule has 0 aromatic carbocycles. The summed E-state index contributed by atoms with van der Waals surface area (Å²) in [7, 11) is 0. The van der Waals surface area contributed by atoms with Crippen LogP contribution in [0, 0.1) is 0 Å². The summed E-state index contributed by atoms with van der Waals surface area (Å²) in [6.07, 6.45) is 3.35. The Kier molecular flexibility index (Phi) is 2.43. The zero-order valence-electron chi connectivity index (χ0n) is 5.94. The van der Waals surface area contributed by atoms with E-state index < -0.39 is 5.91 Å². The van der Waals surface area contributed by atoms with Crippen LogP contribution >= 0.6 is 11.8 Å². The van der Waals surface area contributed by atoms with Gasteiger partial charge in [-0.2, -0.15) is 0 Å². The molecule has 0 spiro atoms. The molecular weight excluding hydrogens is 162 g/mol. The van der Waals surface area contributed by atoms with Crippen LogP contribution < -0.4 is 5.73 Å². The van der Waals surface area contributed by atoms with Crippen LogP contribution in [-0.2, 0) is 0 Å². The maximum Gasteiger partial charge on any atom is 0.267 e. The number of rotatable bonds is 2. The molecule has 2 N–H and O–H groups in total. The zero-order valence-corrected chi connectivity index (χ0v) is 6.76. The molecule has 0 fully saturated rings. The van der Waals surface area contributed by atoms with E-state index in [2.05, 4.69) is 9.97 Å². The predicted octanol–water partition coefficient (Wildman–Crippen LogP) is 0.297. The molecule has 4 nitrogen and oxygen atoms in total. The molecule has 0 bridgehead atoms. The zero-order chi connectivity index (χ0) is 8.27. The smallest absolute Gasteiger partial charge is 0.267 e. The third-order valence-electron chi connectivity index (χ3n) is 1.07. The summed E-state index contributed by atoms with van der Waals surface area (Å²) >= 11 is 1.37. The van der Waals surface area contributed by atoms with Gasteiger partial charge in [-0.3, -0.25) is 4.79 Å². The van der Waals surface area contributed by atoms with Crippen LogP contribution in [0.5, 0.6) is 0 Å². The fraction of sp³-hybridized carbons (Fsp3) is 0.167. The number of carbonyl (C=O) groups excluding carboxylic acids is 1. The Bertz CT molecular complexity index is 276. The van der Waals surface area contributed by atoms with Crippen molar-refractivity contribution in [3.63, 3.8) is 0 Å². The average Bonchev–Trinajstić information content (AvgIpc) is 2.05. The van der Waals surface area contributed by atoms with Crippen molar-refractivity contribution in [1.29, 1.82) is 0 Å². The molecule has 0 aliphatic carbocycles. The van der Waals surface area contributed by atoms with E-state index in [9.17, 15) is 4.79 Å². The van der Waals surface area contributed by atoms with Crippen LogP contribution in [0.25, 0.3) is 0 Å². The molecule has 0 saturated heterocycles. The van der Waals surface area contributed by atoms with Crippen molar-refractivity contribution in [1.82, 2.24) is 9.97 Å². The Morgan fingerprint density at radius 2 is 2.45 bits per heavy atom. The topological polar surface area (TPSA) is 68.9 Å². The van der Waals surface area contributed by atoms with E-state index in [4.69, 9.17) is 5.73 Å². The Morgan fingerprint density at radius 1 is 1.73 bits per heavy atom. The van der Waals surface area contributed by atoms with Gasteiger partial charge in [0.05, 0.1) is 0 Å². The highest BCUT2D eigenvalue weighted by Crippen LogP contribution is 2.06. The van der Waals surface area contributed by atoms with Crippen molar-refractivity contribution in [2.24, 2.45) is 5.73 Å². The first kappa shape index (κ1) is 8.00. The number of nitrogens with two attached hydrogens (primary N) is 1. The Hall–Kier alpha value is -1.10. The molecule has 0 aliphatic heterocycles. The average molecular weight is 169 g/mol. The molecule has 5 heteroatoms. The molecule has 11 heavy (non-hydrogen) atoms. The van der Waals surface area contributed by atoms with Gasteiger partial charge in [0.25, 0.3) is 5.91 Å². The van der Waals surface area contributed by atoms with E-state index in [0.717, 1.165) is 0 Å². The number of primary amides is 1. The van der Waals surface area contributed by atoms with Gasteiger partial charge in [0.2, 0.25) is 0 Å². The number of amides is 1. The van der Waals surface area contributed by atoms with Gasteiger partial charge in [-0.1, -0.05) is 11.8 Å². The Balaban J connectivity index is 3.01. The molecule has 1 heterocycles. The van der Waals surface area contributed by atoms with Gasteiger partial charge in [0.1, 0.15) is 5.69 Å². The molecule has 1 amide bonds. The summed E-state index contributed by atoms with van der Waals surface area (Å²) in [5.74, 6) is -0.525. The van der Waals surface area contributed by atoms with Crippen LogP contribution in [-0.4, -0.2) is 22.1 Å². The first-order valence-corrected chi connectivity index (χ1v) is 4.13. The minimum absolute atomic E-state index is 0.254. The molecule has 1 aromatic heterocycles. The highest BCUT2D eigenvalue weighted by Gasteiger charge is 2.01. The van der Waals surface area contributed by atoms with Crippen LogP contribution in [0.15, 0.2) is 17.4 Å². The summed E-state index contributed by atoms with van der Waals surface area (Å²) in [6.45, 7) is 0. The third-order valence-corrected chi connectivity index (χ3v) is 1.63. The number of thioether (sulfide) groups is 1. The predicted molar refractivity (Wildman–Crippen MR) is 42.3 cm³/mol. The van der Waals surface area contributed by atoms with Crippen LogP contribution in [0.1, 0.15) is 10.5 Å². The SMILES string of the molecule is CSc1nccc(C(N)=O)n1. The number of hydrogen-bond donors (Lipinski definition) is 1. The lowest BCUT2D eigenvalue weighted by molar-refractivity contribution is 0.0994. The highest BCUT2D eigenvalue weighted by molar-refractivity contribution is 7.98. The second-order valence-corrected chi connectivity index (χ2v) is 2.57. The summed E-state index contributed by atoms with van der Waals surface area (Å²) in [4.78, 5) is 18.3. The summed E-state index contributed by atoms with van der Waals surface area (Å²) in [5, 5.41) is 0.557. The third kappa shape index (κ3) is 1.91. The molecule has 0 unspecified atom stereocenters. The van der Waals surface area contributed by atoms with Gasteiger partial charge >= 0.3 is 0 Å². The lowest BCUT2D eigenvalue weighted by Gasteiger charge is -1.95. The molecule has 58 valence electrons. The highest BCUT2D eigenvalue weighted by atomic mass is 32.2. The van der Waals surface area contributed by atoms with Gasteiger partial charge in [-0.15, -0.1) is 0 Å². The van der Waals surface area contributed by atoms with E-state index in [1.165, 1.54) is 24.0 Å². The number of aromatic nitrogens is 2. The number of carbonyl (C=O) groups is 1. The van der Waals surface area contributed by atoms with E-state index in [1.807, 2.05) is 6.26 Å². The molecule has 0 radical (unpaired) electrons. The second kappa shape index (κ2) is 3.34. The van der Waals surface area contributed by atoms with Crippen LogP contribution in [0.2, 0.25) is 0 Å². The Morgan fingerprint density at radius 3 is 3.00 bits per heavy atom. The maximum absolute atomic E-state index is 10.6. The van der Waals surface area contributed by atoms with Gasteiger partial charge in [0.15, 0.2) is 5.16 Å². The van der Waals surface area contributed by atoms with E-state index >= 15 is 0 Å². The first-order valence-electron chi connectivity index (χ1n) is 2.91. The molecule has 0 atom stereocenters. The van der Waals surface area contributed by atoms with Crippen molar-refractivity contribution in [3.05, 3.63) is 18.0 Å². The molecule has 1 aromatic rings. The largest absolute Gasteiger partial charge is 0.364 e. The number of hydrogen-bond acceptors (Lipinski definition) is 4. The van der Waals surface area contributed by atoms with Crippen molar-refractivity contribution in [3.8, 4) is 0 Å². The quantitative estimate of drug-likeness (QED) is 0.510. The normalized spacial score (nSPS) is 9.55. The van der Waals surface area contributed by atoms with Crippen LogP contribution in [0.3, 0.4) is 0 Å². The van der Waals surface area contributed by atoms with Crippen molar-refractivity contribution < 1.29 is 4.79 Å². The van der Waals surface area contributed by atoms with Gasteiger partial charge in [-0.25, -0.2) is 9.97 Å². The Labute approximate surface area is 68.2 Å². The molecule has 0 aliphatic rings. The van der Waals surface area contributed by atoms with Crippen molar-refractivity contribution in [2.75, 3.05) is 6.26 Å². The summed E-state index contributed by atoms with van der Waals surface area (Å²) in [6, 6.07) is 1.49. The van der Waals surface area contributed by atoms with E-state index in [1.54, 1.807) is 0 Å². The number of nitrogens with zero attached hydrogens (tertiary/aromatic N) is 2. The van der Waals surface area contributed by atoms with Gasteiger partial charge < -0.3 is 5.73 Å². The summed E-state index contributed by atoms with van der Waals surface area (Å²) < 4.78 is 0. The van der Waals surface area contributed by atoms with Crippen LogP contribution in [0.4, 0.5) is 0 Å².